The summed E-state index contributed by atoms with van der Waals surface area (Å²) >= 11 is 0. The van der Waals surface area contributed by atoms with Gasteiger partial charge in [-0.05, 0) is 119 Å². The SMILES string of the molecule is C[C@H]1c2c(nn(-c3ccc(F)c(C4CC4)c3)c2-n2ccn(-c3ccc4c(cnn4C)c3F)c2=O)CCN1COCc1cn2nc([C@H]3CCOC(C)(C)C3)ccc2c1C1(c2noc(=O)[nH]2)CC1. The normalized spacial score (nSPS) is 20.4. The Labute approximate surface area is 376 Å². The largest absolute Gasteiger partial charge is 0.438 e. The number of ether oxygens (including phenoxy) is 2. The van der Waals surface area contributed by atoms with E-state index in [-0.39, 0.29) is 48.3 Å². The second-order valence-corrected chi connectivity index (χ2v) is 19.2. The van der Waals surface area contributed by atoms with Crippen molar-refractivity contribution in [3.63, 3.8) is 0 Å². The molecule has 2 aliphatic carbocycles. The first kappa shape index (κ1) is 41.0. The number of aromatic amines is 1. The number of nitrogens with zero attached hydrogens (tertiary/aromatic N) is 10. The lowest BCUT2D eigenvalue weighted by molar-refractivity contribution is -0.0598. The van der Waals surface area contributed by atoms with Gasteiger partial charge in [-0.25, -0.2) is 27.6 Å². The van der Waals surface area contributed by atoms with Crippen LogP contribution in [-0.4, -0.2) is 78.8 Å². The molecule has 6 aromatic heterocycles. The fraction of sp³-hybridized carbons (Fsp3) is 0.417. The molecule has 4 aliphatic rings. The van der Waals surface area contributed by atoms with E-state index in [1.54, 1.807) is 47.0 Å². The predicted octanol–water partition coefficient (Wildman–Crippen LogP) is 7.03. The summed E-state index contributed by atoms with van der Waals surface area (Å²) in [6, 6.07) is 12.3. The van der Waals surface area contributed by atoms with E-state index in [0.717, 1.165) is 72.1 Å². The summed E-state index contributed by atoms with van der Waals surface area (Å²) in [5.74, 6) is -0.0307. The number of hydrogen-bond donors (Lipinski definition) is 1. The van der Waals surface area contributed by atoms with Gasteiger partial charge in [-0.15, -0.1) is 0 Å². The molecular weight excluding hydrogens is 849 g/mol. The molecule has 2 aromatic carbocycles. The number of imidazole rings is 1. The van der Waals surface area contributed by atoms with Crippen molar-refractivity contribution in [2.24, 2.45) is 7.05 Å². The van der Waals surface area contributed by atoms with Crippen LogP contribution >= 0.6 is 0 Å². The zero-order valence-corrected chi connectivity index (χ0v) is 37.1. The molecule has 2 aliphatic heterocycles. The Hall–Kier alpha value is -6.50. The summed E-state index contributed by atoms with van der Waals surface area (Å²) in [7, 11) is 1.74. The molecular formula is C48H49F2N11O5. The number of benzene rings is 2. The van der Waals surface area contributed by atoms with Gasteiger partial charge in [0, 0.05) is 68.3 Å². The van der Waals surface area contributed by atoms with Gasteiger partial charge in [-0.3, -0.25) is 28.2 Å². The third-order valence-corrected chi connectivity index (χ3v) is 14.4. The van der Waals surface area contributed by atoms with Crippen LogP contribution in [0.3, 0.4) is 0 Å². The average Bonchev–Trinajstić information content (AvgIpc) is 4.05. The van der Waals surface area contributed by atoms with Crippen LogP contribution in [0.5, 0.6) is 0 Å². The van der Waals surface area contributed by atoms with Crippen LogP contribution in [0.2, 0.25) is 0 Å². The smallest absolute Gasteiger partial charge is 0.376 e. The molecule has 18 heteroatoms. The van der Waals surface area contributed by atoms with E-state index in [1.165, 1.54) is 21.4 Å². The topological polar surface area (TPSA) is 160 Å². The Morgan fingerprint density at radius 1 is 0.970 bits per heavy atom. The first-order valence-electron chi connectivity index (χ1n) is 22.7. The molecule has 1 saturated heterocycles. The molecule has 8 aromatic rings. The molecule has 0 bridgehead atoms. The van der Waals surface area contributed by atoms with Gasteiger partial charge in [0.2, 0.25) is 0 Å². The molecule has 0 radical (unpaired) electrons. The number of nitrogens with one attached hydrogen (secondary N) is 1. The quantitative estimate of drug-likeness (QED) is 0.143. The first-order chi connectivity index (χ1) is 31.9. The Morgan fingerprint density at radius 2 is 1.79 bits per heavy atom. The molecule has 3 fully saturated rings. The number of hydrogen-bond acceptors (Lipinski definition) is 10. The minimum Gasteiger partial charge on any atom is -0.376 e. The third kappa shape index (κ3) is 6.62. The van der Waals surface area contributed by atoms with Crippen molar-refractivity contribution in [3.8, 4) is 17.2 Å². The highest BCUT2D eigenvalue weighted by molar-refractivity contribution is 5.81. The van der Waals surface area contributed by atoms with Gasteiger partial charge in [0.05, 0.1) is 69.7 Å². The maximum Gasteiger partial charge on any atom is 0.438 e. The summed E-state index contributed by atoms with van der Waals surface area (Å²) in [6.45, 7) is 8.09. The predicted molar refractivity (Wildman–Crippen MR) is 237 cm³/mol. The van der Waals surface area contributed by atoms with Gasteiger partial charge in [0.15, 0.2) is 11.6 Å². The molecule has 16 nitrogen and oxygen atoms in total. The fourth-order valence-corrected chi connectivity index (χ4v) is 10.7. The van der Waals surface area contributed by atoms with Crippen molar-refractivity contribution in [1.82, 2.24) is 53.3 Å². The van der Waals surface area contributed by atoms with E-state index < -0.39 is 22.7 Å². The summed E-state index contributed by atoms with van der Waals surface area (Å²) in [5, 5.41) is 18.9. The van der Waals surface area contributed by atoms with E-state index >= 15 is 8.78 Å². The van der Waals surface area contributed by atoms with Crippen LogP contribution in [0.1, 0.15) is 117 Å². The van der Waals surface area contributed by atoms with Gasteiger partial charge >= 0.3 is 11.4 Å². The number of H-pyrrole nitrogens is 1. The van der Waals surface area contributed by atoms with E-state index in [9.17, 15) is 9.59 Å². The number of aromatic nitrogens is 10. The minimum atomic E-state index is -0.596. The highest BCUT2D eigenvalue weighted by Gasteiger charge is 2.52. The zero-order chi connectivity index (χ0) is 45.2. The molecule has 0 unspecified atom stereocenters. The highest BCUT2D eigenvalue weighted by atomic mass is 19.1. The molecule has 12 rings (SSSR count). The third-order valence-electron chi connectivity index (χ3n) is 14.4. The van der Waals surface area contributed by atoms with Gasteiger partial charge in [0.25, 0.3) is 0 Å². The van der Waals surface area contributed by atoms with Crippen molar-refractivity contribution in [1.29, 1.82) is 0 Å². The molecule has 2 atom stereocenters. The molecule has 0 spiro atoms. The van der Waals surface area contributed by atoms with Gasteiger partial charge in [-0.2, -0.15) is 15.3 Å². The maximum atomic E-state index is 16.1. The lowest BCUT2D eigenvalue weighted by Gasteiger charge is -2.35. The van der Waals surface area contributed by atoms with E-state index in [0.29, 0.717) is 53.4 Å². The van der Waals surface area contributed by atoms with Gasteiger partial charge in [-0.1, -0.05) is 5.16 Å². The van der Waals surface area contributed by atoms with Crippen molar-refractivity contribution in [2.45, 2.75) is 101 Å². The van der Waals surface area contributed by atoms with Crippen molar-refractivity contribution in [3.05, 3.63) is 139 Å². The standard InChI is InChI=1S/C48H49F2N11O5/c1-27-40-36(54-61(31-7-8-34(49)32(21-31)28-5-6-28)43(40)59-19-18-58(46(59)63)39-12-11-37-33(42(39)50)23-51-56(37)4)13-17-57(27)26-64-25-30-24-60-38(41(30)48(15-16-48)44-52-45(62)66-55-44)10-9-35(53-60)29-14-20-65-47(2,3)22-29/h7-12,18-19,21,23-24,27-29H,5-6,13-17,20,22,25-26H2,1-4H3,(H,52,55,62)/t27-,29-/m0/s1. The summed E-state index contributed by atoms with van der Waals surface area (Å²) in [5.41, 5.74) is 6.18. The summed E-state index contributed by atoms with van der Waals surface area (Å²) in [6.07, 6.45) is 12.4. The lowest BCUT2D eigenvalue weighted by Crippen LogP contribution is -2.36. The van der Waals surface area contributed by atoms with Crippen LogP contribution in [0.4, 0.5) is 8.78 Å². The Bertz CT molecular complexity index is 3340. The molecule has 2 saturated carbocycles. The van der Waals surface area contributed by atoms with E-state index in [2.05, 4.69) is 53.0 Å². The molecule has 340 valence electrons. The molecule has 1 N–H and O–H groups in total. The first-order valence-corrected chi connectivity index (χ1v) is 22.7. The van der Waals surface area contributed by atoms with Crippen LogP contribution in [0.15, 0.2) is 81.4 Å². The second kappa shape index (κ2) is 15.0. The van der Waals surface area contributed by atoms with Crippen LogP contribution in [-0.2, 0) is 35.0 Å². The van der Waals surface area contributed by atoms with Crippen molar-refractivity contribution < 1.29 is 22.8 Å². The van der Waals surface area contributed by atoms with E-state index in [4.69, 9.17) is 24.2 Å². The second-order valence-electron chi connectivity index (χ2n) is 19.2. The lowest BCUT2D eigenvalue weighted by atomic mass is 9.86. The minimum absolute atomic E-state index is 0.0969. The number of aryl methyl sites for hydroxylation is 1. The average molecular weight is 898 g/mol. The van der Waals surface area contributed by atoms with Crippen molar-refractivity contribution in [2.75, 3.05) is 19.9 Å². The maximum absolute atomic E-state index is 16.1. The Kier molecular flexibility index (Phi) is 9.32. The Morgan fingerprint density at radius 3 is 2.56 bits per heavy atom. The van der Waals surface area contributed by atoms with Crippen LogP contribution in [0, 0.1) is 11.6 Å². The number of rotatable bonds is 11. The van der Waals surface area contributed by atoms with Crippen LogP contribution in [0.25, 0.3) is 33.6 Å². The number of fused-ring (bicyclic) bond motifs is 3. The highest BCUT2D eigenvalue weighted by Crippen LogP contribution is 2.55. The molecule has 0 amide bonds. The Balaban J connectivity index is 0.887. The zero-order valence-electron chi connectivity index (χ0n) is 37.1. The van der Waals surface area contributed by atoms with Gasteiger partial charge in [0.1, 0.15) is 11.6 Å². The summed E-state index contributed by atoms with van der Waals surface area (Å²) in [4.78, 5) is 31.8. The molecule has 66 heavy (non-hydrogen) atoms. The van der Waals surface area contributed by atoms with Gasteiger partial charge < -0.3 is 9.47 Å². The molecule has 8 heterocycles. The van der Waals surface area contributed by atoms with E-state index in [1.807, 2.05) is 16.8 Å². The summed E-state index contributed by atoms with van der Waals surface area (Å²) < 4.78 is 57.0. The fourth-order valence-electron chi connectivity index (χ4n) is 10.7. The van der Waals surface area contributed by atoms with Crippen LogP contribution < -0.4 is 11.4 Å². The van der Waals surface area contributed by atoms with Crippen molar-refractivity contribution >= 4 is 16.4 Å². The monoisotopic (exact) mass is 897 g/mol. The number of halogens is 2.